The van der Waals surface area contributed by atoms with Crippen molar-refractivity contribution in [3.05, 3.63) is 69.9 Å². The van der Waals surface area contributed by atoms with Crippen LogP contribution in [0.15, 0.2) is 53.0 Å². The molecule has 0 saturated heterocycles. The van der Waals surface area contributed by atoms with E-state index in [0.29, 0.717) is 24.9 Å². The summed E-state index contributed by atoms with van der Waals surface area (Å²) in [7, 11) is 0. The molecule has 0 spiro atoms. The van der Waals surface area contributed by atoms with Crippen LogP contribution in [0.3, 0.4) is 0 Å². The molecular formula is C18H19BrFNO2. The van der Waals surface area contributed by atoms with Crippen LogP contribution >= 0.6 is 15.9 Å². The maximum Gasteiger partial charge on any atom is 0.303 e. The molecule has 0 heterocycles. The normalized spacial score (nSPS) is 12.1. The van der Waals surface area contributed by atoms with Gasteiger partial charge in [0.15, 0.2) is 0 Å². The van der Waals surface area contributed by atoms with E-state index in [1.807, 2.05) is 30.3 Å². The fourth-order valence-electron chi connectivity index (χ4n) is 2.41. The zero-order valence-electron chi connectivity index (χ0n) is 12.6. The second kappa shape index (κ2) is 8.79. The third-order valence-corrected chi connectivity index (χ3v) is 4.11. The molecule has 0 aliphatic rings. The first kappa shape index (κ1) is 17.6. The van der Waals surface area contributed by atoms with E-state index in [9.17, 15) is 9.18 Å². The number of benzene rings is 2. The zero-order chi connectivity index (χ0) is 16.7. The summed E-state index contributed by atoms with van der Waals surface area (Å²) in [5.74, 6) is -1.09. The first-order valence-electron chi connectivity index (χ1n) is 7.47. The van der Waals surface area contributed by atoms with Crippen LogP contribution in [0.1, 0.15) is 24.0 Å². The van der Waals surface area contributed by atoms with Crippen molar-refractivity contribution in [1.29, 1.82) is 0 Å². The summed E-state index contributed by atoms with van der Waals surface area (Å²) in [6, 6.07) is 14.7. The van der Waals surface area contributed by atoms with Crippen LogP contribution in [0.5, 0.6) is 0 Å². The number of aliphatic carboxylic acids is 1. The van der Waals surface area contributed by atoms with Crippen LogP contribution in [-0.4, -0.2) is 17.1 Å². The summed E-state index contributed by atoms with van der Waals surface area (Å²) in [5.41, 5.74) is 1.69. The van der Waals surface area contributed by atoms with Gasteiger partial charge in [0.2, 0.25) is 0 Å². The molecule has 1 atom stereocenters. The van der Waals surface area contributed by atoms with Crippen LogP contribution in [0.4, 0.5) is 4.39 Å². The van der Waals surface area contributed by atoms with Gasteiger partial charge in [0, 0.05) is 29.0 Å². The lowest BCUT2D eigenvalue weighted by atomic mass is 10.0. The van der Waals surface area contributed by atoms with Crippen molar-refractivity contribution in [3.63, 3.8) is 0 Å². The van der Waals surface area contributed by atoms with Crippen LogP contribution in [0.2, 0.25) is 0 Å². The summed E-state index contributed by atoms with van der Waals surface area (Å²) in [4.78, 5) is 10.8. The van der Waals surface area contributed by atoms with Gasteiger partial charge >= 0.3 is 5.97 Å². The predicted octanol–water partition coefficient (Wildman–Crippen LogP) is 4.15. The minimum absolute atomic E-state index is 0.0214. The molecule has 0 saturated carbocycles. The van der Waals surface area contributed by atoms with Crippen LogP contribution in [0, 0.1) is 5.82 Å². The smallest absolute Gasteiger partial charge is 0.303 e. The highest BCUT2D eigenvalue weighted by Gasteiger charge is 2.13. The Morgan fingerprint density at radius 3 is 2.65 bits per heavy atom. The highest BCUT2D eigenvalue weighted by molar-refractivity contribution is 9.10. The van der Waals surface area contributed by atoms with Gasteiger partial charge in [0.25, 0.3) is 0 Å². The lowest BCUT2D eigenvalue weighted by molar-refractivity contribution is -0.137. The van der Waals surface area contributed by atoms with E-state index in [-0.39, 0.29) is 18.3 Å². The van der Waals surface area contributed by atoms with Gasteiger partial charge in [-0.05, 0) is 36.6 Å². The molecule has 0 bridgehead atoms. The van der Waals surface area contributed by atoms with Crippen molar-refractivity contribution in [2.75, 3.05) is 0 Å². The first-order valence-corrected chi connectivity index (χ1v) is 8.27. The Kier molecular flexibility index (Phi) is 6.74. The average molecular weight is 380 g/mol. The molecular weight excluding hydrogens is 361 g/mol. The minimum Gasteiger partial charge on any atom is -0.481 e. The number of hydrogen-bond acceptors (Lipinski definition) is 2. The van der Waals surface area contributed by atoms with E-state index in [1.165, 1.54) is 6.07 Å². The van der Waals surface area contributed by atoms with Gasteiger partial charge < -0.3 is 10.4 Å². The summed E-state index contributed by atoms with van der Waals surface area (Å²) in [5, 5.41) is 12.2. The number of rotatable bonds is 8. The Morgan fingerprint density at radius 2 is 1.96 bits per heavy atom. The SMILES string of the molecule is O=C(O)CCC(Cc1ccccc1)NCc1cc(Br)ccc1F. The van der Waals surface area contributed by atoms with Crippen molar-refractivity contribution in [3.8, 4) is 0 Å². The quantitative estimate of drug-likeness (QED) is 0.723. The zero-order valence-corrected chi connectivity index (χ0v) is 14.2. The fourth-order valence-corrected chi connectivity index (χ4v) is 2.81. The highest BCUT2D eigenvalue weighted by Crippen LogP contribution is 2.16. The Bertz CT molecular complexity index is 649. The van der Waals surface area contributed by atoms with Crippen molar-refractivity contribution in [1.82, 2.24) is 5.32 Å². The van der Waals surface area contributed by atoms with Gasteiger partial charge in [-0.25, -0.2) is 4.39 Å². The monoisotopic (exact) mass is 379 g/mol. The van der Waals surface area contributed by atoms with Crippen LogP contribution < -0.4 is 5.32 Å². The van der Waals surface area contributed by atoms with E-state index in [0.717, 1.165) is 10.0 Å². The third kappa shape index (κ3) is 6.12. The molecule has 0 amide bonds. The Balaban J connectivity index is 2.01. The van der Waals surface area contributed by atoms with Gasteiger partial charge in [-0.3, -0.25) is 4.79 Å². The summed E-state index contributed by atoms with van der Waals surface area (Å²) in [6.07, 6.45) is 1.30. The molecule has 1 unspecified atom stereocenters. The Morgan fingerprint density at radius 1 is 1.22 bits per heavy atom. The van der Waals surface area contributed by atoms with Gasteiger partial charge in [-0.2, -0.15) is 0 Å². The maximum atomic E-state index is 13.8. The molecule has 2 rings (SSSR count). The first-order chi connectivity index (χ1) is 11.0. The van der Waals surface area contributed by atoms with E-state index < -0.39 is 5.97 Å². The summed E-state index contributed by atoms with van der Waals surface area (Å²) >= 11 is 3.33. The molecule has 2 N–H and O–H groups in total. The number of nitrogens with one attached hydrogen (secondary N) is 1. The molecule has 0 aromatic heterocycles. The Hall–Kier alpha value is -1.72. The second-order valence-electron chi connectivity index (χ2n) is 5.44. The number of carboxylic acid groups (broad SMARTS) is 1. The highest BCUT2D eigenvalue weighted by atomic mass is 79.9. The van der Waals surface area contributed by atoms with Gasteiger partial charge in [-0.1, -0.05) is 46.3 Å². The van der Waals surface area contributed by atoms with Crippen molar-refractivity contribution < 1.29 is 14.3 Å². The van der Waals surface area contributed by atoms with Crippen molar-refractivity contribution >= 4 is 21.9 Å². The molecule has 0 aliphatic carbocycles. The van der Waals surface area contributed by atoms with Crippen molar-refractivity contribution in [2.45, 2.75) is 31.8 Å². The average Bonchev–Trinajstić information content (AvgIpc) is 2.54. The van der Waals surface area contributed by atoms with E-state index in [4.69, 9.17) is 5.11 Å². The number of carbonyl (C=O) groups is 1. The molecule has 0 aliphatic heterocycles. The fraction of sp³-hybridized carbons (Fsp3) is 0.278. The second-order valence-corrected chi connectivity index (χ2v) is 6.35. The molecule has 122 valence electrons. The lowest BCUT2D eigenvalue weighted by Gasteiger charge is -2.18. The van der Waals surface area contributed by atoms with E-state index in [1.54, 1.807) is 12.1 Å². The molecule has 2 aromatic rings. The molecule has 0 fully saturated rings. The summed E-state index contributed by atoms with van der Waals surface area (Å²) < 4.78 is 14.6. The number of halogens is 2. The van der Waals surface area contributed by atoms with Gasteiger partial charge in [-0.15, -0.1) is 0 Å². The molecule has 23 heavy (non-hydrogen) atoms. The predicted molar refractivity (Wildman–Crippen MR) is 91.7 cm³/mol. The maximum absolute atomic E-state index is 13.8. The number of hydrogen-bond donors (Lipinski definition) is 2. The Labute approximate surface area is 143 Å². The lowest BCUT2D eigenvalue weighted by Crippen LogP contribution is -2.31. The molecule has 3 nitrogen and oxygen atoms in total. The van der Waals surface area contributed by atoms with Crippen molar-refractivity contribution in [2.24, 2.45) is 0 Å². The van der Waals surface area contributed by atoms with Gasteiger partial charge in [0.05, 0.1) is 0 Å². The molecule has 5 heteroatoms. The van der Waals surface area contributed by atoms with Crippen LogP contribution in [0.25, 0.3) is 0 Å². The number of carboxylic acids is 1. The molecule has 2 aromatic carbocycles. The van der Waals surface area contributed by atoms with E-state index in [2.05, 4.69) is 21.2 Å². The van der Waals surface area contributed by atoms with E-state index >= 15 is 0 Å². The minimum atomic E-state index is -0.821. The topological polar surface area (TPSA) is 49.3 Å². The third-order valence-electron chi connectivity index (χ3n) is 3.62. The largest absolute Gasteiger partial charge is 0.481 e. The standard InChI is InChI=1S/C18H19BrFNO2/c19-15-6-8-17(20)14(11-15)12-21-16(7-9-18(22)23)10-13-4-2-1-3-5-13/h1-6,8,11,16,21H,7,9-10,12H2,(H,22,23). The summed E-state index contributed by atoms with van der Waals surface area (Å²) in [6.45, 7) is 0.363. The van der Waals surface area contributed by atoms with Crippen LogP contribution in [-0.2, 0) is 17.8 Å². The molecule has 0 radical (unpaired) electrons. The van der Waals surface area contributed by atoms with Gasteiger partial charge in [0.1, 0.15) is 5.82 Å².